The van der Waals surface area contributed by atoms with Crippen LogP contribution in [0.25, 0.3) is 11.4 Å². The molecule has 0 atom stereocenters. The number of thioether (sulfide) groups is 1. The van der Waals surface area contributed by atoms with Crippen molar-refractivity contribution >= 4 is 45.9 Å². The van der Waals surface area contributed by atoms with Gasteiger partial charge in [0, 0.05) is 21.4 Å². The summed E-state index contributed by atoms with van der Waals surface area (Å²) < 4.78 is 3.11. The molecule has 0 fully saturated rings. The van der Waals surface area contributed by atoms with Crippen molar-refractivity contribution in [1.82, 2.24) is 14.8 Å². The number of amides is 1. The molecule has 1 heterocycles. The van der Waals surface area contributed by atoms with E-state index in [1.165, 1.54) is 11.8 Å². The van der Waals surface area contributed by atoms with Crippen molar-refractivity contribution in [3.63, 3.8) is 0 Å². The van der Waals surface area contributed by atoms with E-state index < -0.39 is 0 Å². The quantitative estimate of drug-likeness (QED) is 0.295. The minimum atomic E-state index is -0.0770. The molecule has 3 aromatic rings. The molecule has 0 aliphatic heterocycles. The normalized spacial score (nSPS) is 10.6. The van der Waals surface area contributed by atoms with Crippen molar-refractivity contribution < 1.29 is 4.79 Å². The van der Waals surface area contributed by atoms with E-state index >= 15 is 0 Å². The summed E-state index contributed by atoms with van der Waals surface area (Å²) in [5, 5.41) is 12.2. The standard InChI is InChI=1S/C20H19IN4OS/c1-3-12-25-19(17-7-5-4-6-14(17)2)23-24-20(25)27-13-18(26)22-16-10-8-15(21)9-11-16/h3-11H,1,12-13H2,2H3,(H,22,26). The molecule has 0 bridgehead atoms. The van der Waals surface area contributed by atoms with Gasteiger partial charge in [0.2, 0.25) is 5.91 Å². The summed E-state index contributed by atoms with van der Waals surface area (Å²) in [5.74, 6) is 0.968. The number of benzene rings is 2. The first-order valence-electron chi connectivity index (χ1n) is 8.37. The van der Waals surface area contributed by atoms with Crippen molar-refractivity contribution in [1.29, 1.82) is 0 Å². The van der Waals surface area contributed by atoms with Gasteiger partial charge < -0.3 is 5.32 Å². The minimum absolute atomic E-state index is 0.0770. The number of anilines is 1. The number of aryl methyl sites for hydroxylation is 1. The van der Waals surface area contributed by atoms with Gasteiger partial charge in [-0.15, -0.1) is 16.8 Å². The highest BCUT2D eigenvalue weighted by molar-refractivity contribution is 14.1. The molecule has 0 aliphatic carbocycles. The fourth-order valence-electron chi connectivity index (χ4n) is 2.57. The van der Waals surface area contributed by atoms with Crippen LogP contribution in [-0.2, 0) is 11.3 Å². The molecule has 0 radical (unpaired) electrons. The molecule has 2 aromatic carbocycles. The number of rotatable bonds is 7. The predicted molar refractivity (Wildman–Crippen MR) is 119 cm³/mol. The van der Waals surface area contributed by atoms with Crippen molar-refractivity contribution in [3.05, 3.63) is 70.3 Å². The van der Waals surface area contributed by atoms with Crippen LogP contribution in [0.4, 0.5) is 5.69 Å². The van der Waals surface area contributed by atoms with E-state index in [1.54, 1.807) is 6.08 Å². The van der Waals surface area contributed by atoms with Crippen LogP contribution in [0, 0.1) is 10.5 Å². The first-order chi connectivity index (χ1) is 13.1. The highest BCUT2D eigenvalue weighted by atomic mass is 127. The second-order valence-electron chi connectivity index (χ2n) is 5.86. The van der Waals surface area contributed by atoms with Crippen molar-refractivity contribution in [2.75, 3.05) is 11.1 Å². The molecule has 0 spiro atoms. The lowest BCUT2D eigenvalue weighted by molar-refractivity contribution is -0.113. The third-order valence-corrected chi connectivity index (χ3v) is 5.56. The first-order valence-corrected chi connectivity index (χ1v) is 10.4. The summed E-state index contributed by atoms with van der Waals surface area (Å²) >= 11 is 3.60. The van der Waals surface area contributed by atoms with Crippen LogP contribution >= 0.6 is 34.4 Å². The van der Waals surface area contributed by atoms with Crippen LogP contribution < -0.4 is 5.32 Å². The lowest BCUT2D eigenvalue weighted by atomic mass is 10.1. The SMILES string of the molecule is C=CCn1c(SCC(=O)Nc2ccc(I)cc2)nnc1-c1ccccc1C. The average molecular weight is 490 g/mol. The molecule has 5 nitrogen and oxygen atoms in total. The lowest BCUT2D eigenvalue weighted by Crippen LogP contribution is -2.14. The molecule has 7 heteroatoms. The molecule has 1 aromatic heterocycles. The fourth-order valence-corrected chi connectivity index (χ4v) is 3.68. The summed E-state index contributed by atoms with van der Waals surface area (Å²) in [4.78, 5) is 12.3. The number of nitrogens with one attached hydrogen (secondary N) is 1. The number of nitrogens with zero attached hydrogens (tertiary/aromatic N) is 3. The van der Waals surface area contributed by atoms with Gasteiger partial charge in [0.25, 0.3) is 0 Å². The summed E-state index contributed by atoms with van der Waals surface area (Å²) in [5.41, 5.74) is 2.94. The predicted octanol–water partition coefficient (Wildman–Crippen LogP) is 4.77. The molecule has 1 amide bonds. The van der Waals surface area contributed by atoms with Crippen LogP contribution in [-0.4, -0.2) is 26.4 Å². The van der Waals surface area contributed by atoms with Gasteiger partial charge in [0.1, 0.15) is 0 Å². The maximum Gasteiger partial charge on any atom is 0.234 e. The van der Waals surface area contributed by atoms with Gasteiger partial charge in [-0.2, -0.15) is 0 Å². The number of hydrogen-bond donors (Lipinski definition) is 1. The van der Waals surface area contributed by atoms with E-state index in [9.17, 15) is 4.79 Å². The van der Waals surface area contributed by atoms with Gasteiger partial charge in [-0.05, 0) is 59.3 Å². The molecule has 0 aliphatic rings. The summed E-state index contributed by atoms with van der Waals surface area (Å²) in [6, 6.07) is 15.7. The molecule has 0 saturated carbocycles. The van der Waals surface area contributed by atoms with Crippen molar-refractivity contribution in [3.8, 4) is 11.4 Å². The highest BCUT2D eigenvalue weighted by Crippen LogP contribution is 2.26. The first kappa shape index (κ1) is 19.6. The Morgan fingerprint density at radius 2 is 1.96 bits per heavy atom. The molecule has 3 rings (SSSR count). The molecule has 138 valence electrons. The van der Waals surface area contributed by atoms with Gasteiger partial charge >= 0.3 is 0 Å². The third-order valence-electron chi connectivity index (χ3n) is 3.87. The van der Waals surface area contributed by atoms with E-state index in [1.807, 2.05) is 60.0 Å². The van der Waals surface area contributed by atoms with Crippen LogP contribution in [0.15, 0.2) is 66.3 Å². The Hall–Kier alpha value is -2.13. The number of carbonyl (C=O) groups excluding carboxylic acids is 1. The van der Waals surface area contributed by atoms with E-state index in [4.69, 9.17) is 0 Å². The second kappa shape index (κ2) is 9.18. The topological polar surface area (TPSA) is 59.8 Å². The zero-order valence-corrected chi connectivity index (χ0v) is 17.8. The van der Waals surface area contributed by atoms with Crippen LogP contribution in [0.3, 0.4) is 0 Å². The Morgan fingerprint density at radius 3 is 2.67 bits per heavy atom. The Kier molecular flexibility index (Phi) is 6.68. The summed E-state index contributed by atoms with van der Waals surface area (Å²) in [6.45, 7) is 6.45. The molecule has 27 heavy (non-hydrogen) atoms. The number of carbonyl (C=O) groups is 1. The van der Waals surface area contributed by atoms with Crippen LogP contribution in [0.5, 0.6) is 0 Å². The van der Waals surface area contributed by atoms with Crippen LogP contribution in [0.2, 0.25) is 0 Å². The van der Waals surface area contributed by atoms with E-state index in [-0.39, 0.29) is 11.7 Å². The monoisotopic (exact) mass is 490 g/mol. The number of allylic oxidation sites excluding steroid dienone is 1. The van der Waals surface area contributed by atoms with E-state index in [0.717, 1.165) is 26.2 Å². The molecule has 1 N–H and O–H groups in total. The second-order valence-corrected chi connectivity index (χ2v) is 8.05. The third kappa shape index (κ3) is 4.98. The maximum atomic E-state index is 12.3. The maximum absolute atomic E-state index is 12.3. The zero-order chi connectivity index (χ0) is 19.2. The minimum Gasteiger partial charge on any atom is -0.325 e. The average Bonchev–Trinajstić information content (AvgIpc) is 3.05. The molecular weight excluding hydrogens is 471 g/mol. The van der Waals surface area contributed by atoms with Crippen molar-refractivity contribution in [2.45, 2.75) is 18.6 Å². The highest BCUT2D eigenvalue weighted by Gasteiger charge is 2.16. The molecular formula is C20H19IN4OS. The fraction of sp³-hybridized carbons (Fsp3) is 0.150. The van der Waals surface area contributed by atoms with Gasteiger partial charge in [0.05, 0.1) is 5.75 Å². The Morgan fingerprint density at radius 1 is 1.22 bits per heavy atom. The molecule has 0 unspecified atom stereocenters. The zero-order valence-electron chi connectivity index (χ0n) is 14.9. The Balaban J connectivity index is 1.73. The summed E-state index contributed by atoms with van der Waals surface area (Å²) in [6.07, 6.45) is 1.81. The Labute approximate surface area is 176 Å². The largest absolute Gasteiger partial charge is 0.325 e. The van der Waals surface area contributed by atoms with Crippen molar-refractivity contribution in [2.24, 2.45) is 0 Å². The Bertz CT molecular complexity index is 953. The van der Waals surface area contributed by atoms with E-state index in [2.05, 4.69) is 44.7 Å². The lowest BCUT2D eigenvalue weighted by Gasteiger charge is -2.09. The smallest absolute Gasteiger partial charge is 0.234 e. The van der Waals surface area contributed by atoms with Gasteiger partial charge in [-0.25, -0.2) is 0 Å². The number of aromatic nitrogens is 3. The number of hydrogen-bond acceptors (Lipinski definition) is 4. The summed E-state index contributed by atoms with van der Waals surface area (Å²) in [7, 11) is 0. The van der Waals surface area contributed by atoms with E-state index in [0.29, 0.717) is 11.7 Å². The van der Waals surface area contributed by atoms with Gasteiger partial charge in [-0.1, -0.05) is 42.1 Å². The number of halogens is 1. The van der Waals surface area contributed by atoms with Gasteiger partial charge in [-0.3, -0.25) is 9.36 Å². The van der Waals surface area contributed by atoms with Crippen LogP contribution in [0.1, 0.15) is 5.56 Å². The molecule has 0 saturated heterocycles. The van der Waals surface area contributed by atoms with Gasteiger partial charge in [0.15, 0.2) is 11.0 Å².